The van der Waals surface area contributed by atoms with E-state index in [1.54, 1.807) is 0 Å². The molecule has 0 unspecified atom stereocenters. The highest BCUT2D eigenvalue weighted by Crippen LogP contribution is 2.20. The van der Waals surface area contributed by atoms with Crippen LogP contribution < -0.4 is 15.0 Å². The highest BCUT2D eigenvalue weighted by atomic mass is 16.5. The average molecular weight is 376 g/mol. The van der Waals surface area contributed by atoms with Crippen molar-refractivity contribution in [1.29, 1.82) is 0 Å². The van der Waals surface area contributed by atoms with Crippen LogP contribution in [-0.4, -0.2) is 42.2 Å². The maximum atomic E-state index is 12.4. The predicted molar refractivity (Wildman–Crippen MR) is 106 cm³/mol. The van der Waals surface area contributed by atoms with Gasteiger partial charge in [0, 0.05) is 36.9 Å². The molecule has 1 aliphatic rings. The molecule has 0 spiro atoms. The van der Waals surface area contributed by atoms with Crippen molar-refractivity contribution in [2.45, 2.75) is 0 Å². The number of para-hydroxylation sites is 1. The minimum atomic E-state index is -0.273. The molecule has 2 aromatic carbocycles. The summed E-state index contributed by atoms with van der Waals surface area (Å²) in [7, 11) is 0. The second-order valence-corrected chi connectivity index (χ2v) is 6.27. The monoisotopic (exact) mass is 376 g/mol. The van der Waals surface area contributed by atoms with Gasteiger partial charge in [-0.05, 0) is 36.4 Å². The van der Waals surface area contributed by atoms with Crippen LogP contribution in [0.3, 0.4) is 0 Å². The van der Waals surface area contributed by atoms with Gasteiger partial charge in [0.2, 0.25) is 0 Å². The van der Waals surface area contributed by atoms with Crippen LogP contribution >= 0.6 is 0 Å². The molecule has 7 heteroatoms. The van der Waals surface area contributed by atoms with E-state index >= 15 is 0 Å². The third-order valence-corrected chi connectivity index (χ3v) is 4.34. The van der Waals surface area contributed by atoms with E-state index in [1.807, 2.05) is 54.6 Å². The number of carbonyl (C=O) groups is 1. The Hall–Kier alpha value is -3.45. The zero-order valence-corrected chi connectivity index (χ0v) is 15.2. The second kappa shape index (κ2) is 8.49. The Morgan fingerprint density at radius 1 is 0.964 bits per heavy atom. The summed E-state index contributed by atoms with van der Waals surface area (Å²) in [5.41, 5.74) is 2.19. The average Bonchev–Trinajstić information content (AvgIpc) is 2.76. The van der Waals surface area contributed by atoms with Crippen LogP contribution in [0.15, 0.2) is 67.0 Å². The summed E-state index contributed by atoms with van der Waals surface area (Å²) in [5.74, 6) is 0.366. The second-order valence-electron chi connectivity index (χ2n) is 6.27. The summed E-state index contributed by atoms with van der Waals surface area (Å²) in [4.78, 5) is 22.9. The molecule has 4 rings (SSSR count). The van der Waals surface area contributed by atoms with E-state index in [4.69, 9.17) is 9.47 Å². The number of anilines is 2. The van der Waals surface area contributed by atoms with Crippen LogP contribution in [0.4, 0.5) is 11.4 Å². The Morgan fingerprint density at radius 3 is 2.32 bits per heavy atom. The van der Waals surface area contributed by atoms with Gasteiger partial charge in [-0.25, -0.2) is 9.97 Å². The lowest BCUT2D eigenvalue weighted by atomic mass is 10.2. The SMILES string of the molecule is O=C(Nc1ccc(N2CCOCC2)cc1)c1cnc(Oc2ccccc2)nc1. The third-order valence-electron chi connectivity index (χ3n) is 4.34. The van der Waals surface area contributed by atoms with Gasteiger partial charge in [-0.2, -0.15) is 0 Å². The largest absolute Gasteiger partial charge is 0.424 e. The molecule has 1 fully saturated rings. The van der Waals surface area contributed by atoms with Gasteiger partial charge >= 0.3 is 6.01 Å². The van der Waals surface area contributed by atoms with Crippen LogP contribution in [0.25, 0.3) is 0 Å². The molecule has 0 bridgehead atoms. The lowest BCUT2D eigenvalue weighted by Gasteiger charge is -2.28. The molecule has 3 aromatic rings. The van der Waals surface area contributed by atoms with Crippen LogP contribution in [-0.2, 0) is 4.74 Å². The highest BCUT2D eigenvalue weighted by molar-refractivity contribution is 6.03. The van der Waals surface area contributed by atoms with Crippen LogP contribution in [0, 0.1) is 0 Å². The zero-order chi connectivity index (χ0) is 19.2. The van der Waals surface area contributed by atoms with E-state index in [9.17, 15) is 4.79 Å². The van der Waals surface area contributed by atoms with Gasteiger partial charge in [0.25, 0.3) is 5.91 Å². The molecular weight excluding hydrogens is 356 g/mol. The standard InChI is InChI=1S/C21H20N4O3/c26-20(16-14-22-21(23-15-16)28-19-4-2-1-3-5-19)24-17-6-8-18(9-7-17)25-10-12-27-13-11-25/h1-9,14-15H,10-13H2,(H,24,26). The van der Waals surface area contributed by atoms with Crippen molar-refractivity contribution < 1.29 is 14.3 Å². The van der Waals surface area contributed by atoms with Crippen LogP contribution in [0.5, 0.6) is 11.8 Å². The predicted octanol–water partition coefficient (Wildman–Crippen LogP) is 3.36. The Balaban J connectivity index is 1.36. The minimum absolute atomic E-state index is 0.192. The molecule has 0 aliphatic carbocycles. The molecule has 28 heavy (non-hydrogen) atoms. The first-order valence-electron chi connectivity index (χ1n) is 9.07. The van der Waals surface area contributed by atoms with E-state index in [-0.39, 0.29) is 11.9 Å². The zero-order valence-electron chi connectivity index (χ0n) is 15.2. The molecule has 7 nitrogen and oxygen atoms in total. The number of rotatable bonds is 5. The van der Waals surface area contributed by atoms with Crippen molar-refractivity contribution in [2.75, 3.05) is 36.5 Å². The summed E-state index contributed by atoms with van der Waals surface area (Å²) >= 11 is 0. The van der Waals surface area contributed by atoms with Crippen LogP contribution in [0.2, 0.25) is 0 Å². The van der Waals surface area contributed by atoms with Gasteiger partial charge in [0.05, 0.1) is 18.8 Å². The maximum absolute atomic E-state index is 12.4. The number of hydrogen-bond acceptors (Lipinski definition) is 6. The Kier molecular flexibility index (Phi) is 5.44. The smallest absolute Gasteiger partial charge is 0.321 e. The van der Waals surface area contributed by atoms with Crippen molar-refractivity contribution in [3.63, 3.8) is 0 Å². The van der Waals surface area contributed by atoms with Crippen molar-refractivity contribution in [1.82, 2.24) is 9.97 Å². The van der Waals surface area contributed by atoms with Gasteiger partial charge in [0.1, 0.15) is 5.75 Å². The summed E-state index contributed by atoms with van der Waals surface area (Å²) in [6, 6.07) is 17.2. The lowest BCUT2D eigenvalue weighted by molar-refractivity contribution is 0.102. The number of ether oxygens (including phenoxy) is 2. The fourth-order valence-corrected chi connectivity index (χ4v) is 2.86. The summed E-state index contributed by atoms with van der Waals surface area (Å²) in [5, 5.41) is 2.85. The number of morpholine rings is 1. The molecule has 2 heterocycles. The maximum Gasteiger partial charge on any atom is 0.321 e. The third kappa shape index (κ3) is 4.44. The minimum Gasteiger partial charge on any atom is -0.424 e. The summed E-state index contributed by atoms with van der Waals surface area (Å²) in [6.45, 7) is 3.23. The number of hydrogen-bond donors (Lipinski definition) is 1. The van der Waals surface area contributed by atoms with E-state index in [2.05, 4.69) is 20.2 Å². The van der Waals surface area contributed by atoms with E-state index in [1.165, 1.54) is 12.4 Å². The Bertz CT molecular complexity index is 909. The highest BCUT2D eigenvalue weighted by Gasteiger charge is 2.12. The number of nitrogens with zero attached hydrogens (tertiary/aromatic N) is 3. The van der Waals surface area contributed by atoms with Crippen molar-refractivity contribution >= 4 is 17.3 Å². The van der Waals surface area contributed by atoms with E-state index in [0.29, 0.717) is 17.0 Å². The van der Waals surface area contributed by atoms with Gasteiger partial charge in [-0.15, -0.1) is 0 Å². The van der Waals surface area contributed by atoms with Gasteiger partial charge in [-0.3, -0.25) is 4.79 Å². The van der Waals surface area contributed by atoms with E-state index in [0.717, 1.165) is 32.0 Å². The fraction of sp³-hybridized carbons (Fsp3) is 0.190. The number of carbonyl (C=O) groups excluding carboxylic acids is 1. The molecule has 0 radical (unpaired) electrons. The summed E-state index contributed by atoms with van der Waals surface area (Å²) < 4.78 is 10.9. The van der Waals surface area contributed by atoms with Crippen molar-refractivity contribution in [3.05, 3.63) is 72.6 Å². The quantitative estimate of drug-likeness (QED) is 0.736. The van der Waals surface area contributed by atoms with Gasteiger partial charge < -0.3 is 19.7 Å². The molecular formula is C21H20N4O3. The molecule has 1 saturated heterocycles. The normalized spacial score (nSPS) is 13.8. The number of nitrogens with one attached hydrogen (secondary N) is 1. The number of aromatic nitrogens is 2. The Labute approximate surface area is 163 Å². The van der Waals surface area contributed by atoms with Crippen LogP contribution in [0.1, 0.15) is 10.4 Å². The lowest BCUT2D eigenvalue weighted by Crippen LogP contribution is -2.36. The first-order chi connectivity index (χ1) is 13.8. The number of amides is 1. The first-order valence-corrected chi connectivity index (χ1v) is 9.07. The first kappa shape index (κ1) is 17.9. The molecule has 1 N–H and O–H groups in total. The fourth-order valence-electron chi connectivity index (χ4n) is 2.86. The van der Waals surface area contributed by atoms with Crippen molar-refractivity contribution in [2.24, 2.45) is 0 Å². The Morgan fingerprint density at radius 2 is 1.64 bits per heavy atom. The van der Waals surface area contributed by atoms with Crippen molar-refractivity contribution in [3.8, 4) is 11.8 Å². The van der Waals surface area contributed by atoms with E-state index < -0.39 is 0 Å². The van der Waals surface area contributed by atoms with Gasteiger partial charge in [0.15, 0.2) is 0 Å². The molecule has 142 valence electrons. The molecule has 0 atom stereocenters. The molecule has 1 aromatic heterocycles. The number of benzene rings is 2. The molecule has 1 amide bonds. The molecule has 1 aliphatic heterocycles. The topological polar surface area (TPSA) is 76.6 Å². The molecule has 0 saturated carbocycles. The summed E-state index contributed by atoms with van der Waals surface area (Å²) in [6.07, 6.45) is 2.89. The van der Waals surface area contributed by atoms with Gasteiger partial charge in [-0.1, -0.05) is 18.2 Å².